The van der Waals surface area contributed by atoms with E-state index in [-0.39, 0.29) is 11.7 Å². The van der Waals surface area contributed by atoms with E-state index < -0.39 is 0 Å². The van der Waals surface area contributed by atoms with E-state index in [1.165, 1.54) is 23.9 Å². The van der Waals surface area contributed by atoms with Gasteiger partial charge in [-0.05, 0) is 36.4 Å². The van der Waals surface area contributed by atoms with E-state index in [2.05, 4.69) is 11.1 Å². The number of nitriles is 1. The van der Waals surface area contributed by atoms with E-state index in [0.29, 0.717) is 43.3 Å². The van der Waals surface area contributed by atoms with Crippen LogP contribution >= 0.6 is 11.8 Å². The van der Waals surface area contributed by atoms with Crippen LogP contribution in [0.25, 0.3) is 0 Å². The lowest BCUT2D eigenvalue weighted by atomic mass is 10.2. The molecule has 0 unspecified atom stereocenters. The molecule has 0 radical (unpaired) electrons. The molecule has 0 atom stereocenters. The molecule has 7 heteroatoms. The van der Waals surface area contributed by atoms with Crippen LogP contribution in [0.4, 0.5) is 10.2 Å². The molecule has 25 heavy (non-hydrogen) atoms. The number of amides is 1. The summed E-state index contributed by atoms with van der Waals surface area (Å²) in [5.74, 6) is 0.796. The van der Waals surface area contributed by atoms with Gasteiger partial charge in [0.25, 0.3) is 0 Å². The summed E-state index contributed by atoms with van der Waals surface area (Å²) in [6.45, 7) is 2.51. The first-order chi connectivity index (χ1) is 12.2. The molecule has 1 amide bonds. The summed E-state index contributed by atoms with van der Waals surface area (Å²) in [5.41, 5.74) is 0.550. The van der Waals surface area contributed by atoms with Crippen molar-refractivity contribution in [2.45, 2.75) is 4.90 Å². The fourth-order valence-corrected chi connectivity index (χ4v) is 3.47. The summed E-state index contributed by atoms with van der Waals surface area (Å²) in [6.07, 6.45) is 1.67. The lowest BCUT2D eigenvalue weighted by molar-refractivity contribution is -0.128. The number of aromatic nitrogens is 1. The lowest BCUT2D eigenvalue weighted by Crippen LogP contribution is -2.49. The molecular formula is C18H17FN4OS. The third-order valence-electron chi connectivity index (χ3n) is 4.01. The first kappa shape index (κ1) is 17.2. The van der Waals surface area contributed by atoms with E-state index in [1.54, 1.807) is 30.5 Å². The van der Waals surface area contributed by atoms with Gasteiger partial charge in [0.05, 0.1) is 11.3 Å². The number of carbonyl (C=O) groups excluding carboxylic acids is 1. The van der Waals surface area contributed by atoms with Crippen molar-refractivity contribution in [3.8, 4) is 6.07 Å². The van der Waals surface area contributed by atoms with Crippen molar-refractivity contribution in [3.63, 3.8) is 0 Å². The molecular weight excluding hydrogens is 339 g/mol. The van der Waals surface area contributed by atoms with E-state index >= 15 is 0 Å². The molecule has 1 aromatic carbocycles. The molecule has 0 spiro atoms. The van der Waals surface area contributed by atoms with Crippen molar-refractivity contribution in [2.75, 3.05) is 36.8 Å². The average Bonchev–Trinajstić information content (AvgIpc) is 2.67. The Morgan fingerprint density at radius 3 is 2.60 bits per heavy atom. The van der Waals surface area contributed by atoms with Gasteiger partial charge in [0.1, 0.15) is 17.7 Å². The second-order valence-corrected chi connectivity index (χ2v) is 6.65. The Morgan fingerprint density at radius 1 is 1.20 bits per heavy atom. The third-order valence-corrected chi connectivity index (χ3v) is 5.01. The van der Waals surface area contributed by atoms with Crippen molar-refractivity contribution in [3.05, 3.63) is 54.0 Å². The molecule has 2 aromatic rings. The molecule has 3 rings (SSSR count). The minimum atomic E-state index is -0.280. The number of piperazine rings is 1. The molecule has 2 heterocycles. The zero-order valence-electron chi connectivity index (χ0n) is 13.6. The summed E-state index contributed by atoms with van der Waals surface area (Å²) in [7, 11) is 0. The van der Waals surface area contributed by atoms with Gasteiger partial charge in [-0.1, -0.05) is 0 Å². The van der Waals surface area contributed by atoms with Gasteiger partial charge in [-0.2, -0.15) is 5.26 Å². The van der Waals surface area contributed by atoms with Gasteiger partial charge < -0.3 is 9.80 Å². The smallest absolute Gasteiger partial charge is 0.233 e. The molecule has 0 aliphatic carbocycles. The van der Waals surface area contributed by atoms with Gasteiger partial charge in [0, 0.05) is 37.3 Å². The number of anilines is 1. The molecule has 0 N–H and O–H groups in total. The third kappa shape index (κ3) is 4.28. The Morgan fingerprint density at radius 2 is 1.92 bits per heavy atom. The SMILES string of the molecule is N#Cc1cccnc1N1CCN(C(=O)CSc2ccc(F)cc2)CC1. The van der Waals surface area contributed by atoms with Crippen LogP contribution in [-0.2, 0) is 4.79 Å². The minimum absolute atomic E-state index is 0.0653. The Bertz CT molecular complexity index is 782. The summed E-state index contributed by atoms with van der Waals surface area (Å²) < 4.78 is 12.9. The Balaban J connectivity index is 1.52. The lowest BCUT2D eigenvalue weighted by Gasteiger charge is -2.35. The number of thioether (sulfide) groups is 1. The van der Waals surface area contributed by atoms with Crippen molar-refractivity contribution >= 4 is 23.5 Å². The predicted molar refractivity (Wildman–Crippen MR) is 94.9 cm³/mol. The van der Waals surface area contributed by atoms with E-state index in [4.69, 9.17) is 0 Å². The summed E-state index contributed by atoms with van der Waals surface area (Å²) in [6, 6.07) is 11.8. The Labute approximate surface area is 150 Å². The topological polar surface area (TPSA) is 60.2 Å². The standard InChI is InChI=1S/C18H17FN4OS/c19-15-3-5-16(6-4-15)25-13-17(24)22-8-10-23(11-9-22)18-14(12-20)2-1-7-21-18/h1-7H,8-11,13H2. The molecule has 1 aliphatic rings. The van der Waals surface area contributed by atoms with Crippen molar-refractivity contribution in [1.29, 1.82) is 5.26 Å². The highest BCUT2D eigenvalue weighted by Gasteiger charge is 2.23. The minimum Gasteiger partial charge on any atom is -0.352 e. The molecule has 1 fully saturated rings. The number of nitrogens with zero attached hydrogens (tertiary/aromatic N) is 4. The van der Waals surface area contributed by atoms with Crippen LogP contribution in [0.5, 0.6) is 0 Å². The zero-order valence-corrected chi connectivity index (χ0v) is 14.4. The number of benzene rings is 1. The molecule has 128 valence electrons. The first-order valence-electron chi connectivity index (χ1n) is 7.93. The van der Waals surface area contributed by atoms with Crippen LogP contribution < -0.4 is 4.90 Å². The van der Waals surface area contributed by atoms with Gasteiger partial charge >= 0.3 is 0 Å². The van der Waals surface area contributed by atoms with Crippen LogP contribution in [-0.4, -0.2) is 47.7 Å². The highest BCUT2D eigenvalue weighted by atomic mass is 32.2. The second-order valence-electron chi connectivity index (χ2n) is 5.60. The van der Waals surface area contributed by atoms with Gasteiger partial charge in [-0.15, -0.1) is 11.8 Å². The highest BCUT2D eigenvalue weighted by Crippen LogP contribution is 2.21. The van der Waals surface area contributed by atoms with Crippen LogP contribution in [0, 0.1) is 17.1 Å². The number of pyridine rings is 1. The monoisotopic (exact) mass is 356 g/mol. The zero-order chi connectivity index (χ0) is 17.6. The quantitative estimate of drug-likeness (QED) is 0.788. The largest absolute Gasteiger partial charge is 0.352 e. The van der Waals surface area contributed by atoms with Gasteiger partial charge in [0.2, 0.25) is 5.91 Å². The van der Waals surface area contributed by atoms with Crippen LogP contribution in [0.2, 0.25) is 0 Å². The Kier molecular flexibility index (Phi) is 5.51. The molecule has 1 aliphatic heterocycles. The molecule has 0 bridgehead atoms. The van der Waals surface area contributed by atoms with Gasteiger partial charge in [-0.3, -0.25) is 4.79 Å². The Hall–Kier alpha value is -2.59. The number of hydrogen-bond donors (Lipinski definition) is 0. The van der Waals surface area contributed by atoms with Gasteiger partial charge in [-0.25, -0.2) is 9.37 Å². The van der Waals surface area contributed by atoms with Crippen molar-refractivity contribution in [2.24, 2.45) is 0 Å². The fourth-order valence-electron chi connectivity index (χ4n) is 2.67. The maximum atomic E-state index is 12.9. The summed E-state index contributed by atoms with van der Waals surface area (Å²) in [4.78, 5) is 21.4. The number of hydrogen-bond acceptors (Lipinski definition) is 5. The van der Waals surface area contributed by atoms with Crippen molar-refractivity contribution < 1.29 is 9.18 Å². The number of halogens is 1. The van der Waals surface area contributed by atoms with E-state index in [0.717, 1.165) is 4.90 Å². The van der Waals surface area contributed by atoms with Crippen LogP contribution in [0.15, 0.2) is 47.5 Å². The number of rotatable bonds is 4. The highest BCUT2D eigenvalue weighted by molar-refractivity contribution is 8.00. The van der Waals surface area contributed by atoms with Gasteiger partial charge in [0.15, 0.2) is 0 Å². The molecule has 0 saturated carbocycles. The summed E-state index contributed by atoms with van der Waals surface area (Å²) >= 11 is 1.41. The first-order valence-corrected chi connectivity index (χ1v) is 8.92. The predicted octanol–water partition coefficient (Wildman–Crippen LogP) is 2.53. The molecule has 5 nitrogen and oxygen atoms in total. The van der Waals surface area contributed by atoms with Crippen LogP contribution in [0.1, 0.15) is 5.56 Å². The van der Waals surface area contributed by atoms with E-state index in [1.807, 2.05) is 9.80 Å². The normalized spacial score (nSPS) is 14.2. The van der Waals surface area contributed by atoms with E-state index in [9.17, 15) is 14.4 Å². The number of carbonyl (C=O) groups is 1. The maximum Gasteiger partial charge on any atom is 0.233 e. The fraction of sp³-hybridized carbons (Fsp3) is 0.278. The molecule has 1 aromatic heterocycles. The summed E-state index contributed by atoms with van der Waals surface area (Å²) in [5, 5.41) is 9.18. The van der Waals surface area contributed by atoms with Crippen molar-refractivity contribution in [1.82, 2.24) is 9.88 Å². The average molecular weight is 356 g/mol. The maximum absolute atomic E-state index is 12.9. The molecule has 1 saturated heterocycles. The van der Waals surface area contributed by atoms with Crippen LogP contribution in [0.3, 0.4) is 0 Å². The second kappa shape index (κ2) is 7.99.